The van der Waals surface area contributed by atoms with Gasteiger partial charge in [-0.25, -0.2) is 9.97 Å². The van der Waals surface area contributed by atoms with Gasteiger partial charge in [-0.3, -0.25) is 0 Å². The minimum Gasteiger partial charge on any atom is -0.370 e. The largest absolute Gasteiger partial charge is 0.370 e. The summed E-state index contributed by atoms with van der Waals surface area (Å²) < 4.78 is 0. The first-order valence-electron chi connectivity index (χ1n) is 8.59. The molecule has 4 heteroatoms. The first-order valence-corrected chi connectivity index (χ1v) is 8.59. The van der Waals surface area contributed by atoms with Crippen LogP contribution in [0.1, 0.15) is 64.3 Å². The van der Waals surface area contributed by atoms with Gasteiger partial charge < -0.3 is 10.2 Å². The SMILES string of the molecule is CCCNc1nc(CC)nc(N2CCCCC2CC)c1C. The van der Waals surface area contributed by atoms with E-state index in [0.717, 1.165) is 43.4 Å². The summed E-state index contributed by atoms with van der Waals surface area (Å²) >= 11 is 0. The molecule has 4 nitrogen and oxygen atoms in total. The molecule has 0 spiro atoms. The highest BCUT2D eigenvalue weighted by Gasteiger charge is 2.25. The molecule has 21 heavy (non-hydrogen) atoms. The first kappa shape index (κ1) is 16.1. The van der Waals surface area contributed by atoms with Crippen LogP contribution in [0.3, 0.4) is 0 Å². The van der Waals surface area contributed by atoms with Gasteiger partial charge in [0.2, 0.25) is 0 Å². The third kappa shape index (κ3) is 3.66. The fraction of sp³-hybridized carbons (Fsp3) is 0.765. The lowest BCUT2D eigenvalue weighted by Gasteiger charge is -2.37. The fourth-order valence-corrected chi connectivity index (χ4v) is 3.11. The quantitative estimate of drug-likeness (QED) is 0.861. The van der Waals surface area contributed by atoms with Crippen LogP contribution >= 0.6 is 0 Å². The van der Waals surface area contributed by atoms with Gasteiger partial charge in [0.1, 0.15) is 17.5 Å². The molecule has 1 atom stereocenters. The molecule has 2 heterocycles. The van der Waals surface area contributed by atoms with E-state index in [2.05, 4.69) is 42.9 Å². The highest BCUT2D eigenvalue weighted by atomic mass is 15.2. The molecule has 1 aliphatic heterocycles. The number of aryl methyl sites for hydroxylation is 1. The van der Waals surface area contributed by atoms with E-state index in [1.54, 1.807) is 0 Å². The Kier molecular flexibility index (Phi) is 5.83. The van der Waals surface area contributed by atoms with Crippen molar-refractivity contribution >= 4 is 11.6 Å². The zero-order valence-electron chi connectivity index (χ0n) is 14.1. The minimum atomic E-state index is 0.635. The van der Waals surface area contributed by atoms with Gasteiger partial charge in [0.25, 0.3) is 0 Å². The van der Waals surface area contributed by atoms with E-state index in [1.807, 2.05) is 0 Å². The van der Waals surface area contributed by atoms with Crippen molar-refractivity contribution in [3.8, 4) is 0 Å². The molecule has 1 unspecified atom stereocenters. The summed E-state index contributed by atoms with van der Waals surface area (Å²) in [6.45, 7) is 10.9. The molecule has 0 aromatic carbocycles. The van der Waals surface area contributed by atoms with E-state index in [-0.39, 0.29) is 0 Å². The average molecular weight is 290 g/mol. The molecule has 1 aromatic rings. The van der Waals surface area contributed by atoms with Crippen molar-refractivity contribution in [2.45, 2.75) is 72.3 Å². The van der Waals surface area contributed by atoms with Crippen LogP contribution in [-0.2, 0) is 6.42 Å². The fourth-order valence-electron chi connectivity index (χ4n) is 3.11. The van der Waals surface area contributed by atoms with Crippen LogP contribution in [0.4, 0.5) is 11.6 Å². The summed E-state index contributed by atoms with van der Waals surface area (Å²) in [4.78, 5) is 12.1. The van der Waals surface area contributed by atoms with E-state index in [0.29, 0.717) is 6.04 Å². The van der Waals surface area contributed by atoms with Crippen molar-refractivity contribution in [2.75, 3.05) is 23.3 Å². The summed E-state index contributed by atoms with van der Waals surface area (Å²) in [5.41, 5.74) is 1.21. The Morgan fingerprint density at radius 2 is 2.00 bits per heavy atom. The maximum atomic E-state index is 4.86. The smallest absolute Gasteiger partial charge is 0.137 e. The van der Waals surface area contributed by atoms with Crippen LogP contribution in [-0.4, -0.2) is 29.1 Å². The number of rotatable bonds is 6. The Morgan fingerprint density at radius 3 is 2.67 bits per heavy atom. The summed E-state index contributed by atoms with van der Waals surface area (Å²) in [6.07, 6.45) is 7.11. The predicted molar refractivity (Wildman–Crippen MR) is 90.2 cm³/mol. The Bertz CT molecular complexity index is 458. The Morgan fingerprint density at radius 1 is 1.19 bits per heavy atom. The van der Waals surface area contributed by atoms with Crippen LogP contribution < -0.4 is 10.2 Å². The van der Waals surface area contributed by atoms with Crippen molar-refractivity contribution in [1.82, 2.24) is 9.97 Å². The summed E-state index contributed by atoms with van der Waals surface area (Å²) in [5.74, 6) is 3.14. The molecule has 2 rings (SSSR count). The maximum Gasteiger partial charge on any atom is 0.137 e. The van der Waals surface area contributed by atoms with Crippen LogP contribution in [0.2, 0.25) is 0 Å². The third-order valence-corrected chi connectivity index (χ3v) is 4.40. The predicted octanol–water partition coefficient (Wildman–Crippen LogP) is 3.94. The van der Waals surface area contributed by atoms with Gasteiger partial charge in [-0.1, -0.05) is 20.8 Å². The zero-order chi connectivity index (χ0) is 15.2. The molecule has 0 bridgehead atoms. The summed E-state index contributed by atoms with van der Waals surface area (Å²) in [5, 5.41) is 3.47. The number of nitrogens with one attached hydrogen (secondary N) is 1. The molecule has 118 valence electrons. The monoisotopic (exact) mass is 290 g/mol. The van der Waals surface area contributed by atoms with E-state index in [4.69, 9.17) is 4.98 Å². The van der Waals surface area contributed by atoms with Crippen molar-refractivity contribution in [1.29, 1.82) is 0 Å². The van der Waals surface area contributed by atoms with Gasteiger partial charge in [-0.05, 0) is 39.0 Å². The normalized spacial score (nSPS) is 18.9. The van der Waals surface area contributed by atoms with Crippen molar-refractivity contribution in [2.24, 2.45) is 0 Å². The lowest BCUT2D eigenvalue weighted by molar-refractivity contribution is 0.445. The van der Waals surface area contributed by atoms with Crippen molar-refractivity contribution < 1.29 is 0 Å². The highest BCUT2D eigenvalue weighted by molar-refractivity contribution is 5.59. The first-order chi connectivity index (χ1) is 10.2. The summed E-state index contributed by atoms with van der Waals surface area (Å²) in [6, 6.07) is 0.635. The minimum absolute atomic E-state index is 0.635. The second-order valence-corrected chi connectivity index (χ2v) is 5.97. The van der Waals surface area contributed by atoms with Gasteiger partial charge in [-0.2, -0.15) is 0 Å². The molecule has 0 radical (unpaired) electrons. The standard InChI is InChI=1S/C17H30N4/c1-5-11-18-16-13(4)17(20-15(7-3)19-16)21-12-9-8-10-14(21)6-2/h14H,5-12H2,1-4H3,(H,18,19,20). The lowest BCUT2D eigenvalue weighted by atomic mass is 9.99. The van der Waals surface area contributed by atoms with E-state index in [9.17, 15) is 0 Å². The molecule has 0 aliphatic carbocycles. The molecule has 0 saturated carbocycles. The van der Waals surface area contributed by atoms with Crippen LogP contribution in [0.5, 0.6) is 0 Å². The molecular formula is C17H30N4. The van der Waals surface area contributed by atoms with Gasteiger partial charge in [-0.15, -0.1) is 0 Å². The average Bonchev–Trinajstić information content (AvgIpc) is 2.54. The second-order valence-electron chi connectivity index (χ2n) is 5.97. The summed E-state index contributed by atoms with van der Waals surface area (Å²) in [7, 11) is 0. The Hall–Kier alpha value is -1.32. The topological polar surface area (TPSA) is 41.1 Å². The second kappa shape index (κ2) is 7.62. The van der Waals surface area contributed by atoms with Crippen molar-refractivity contribution in [3.63, 3.8) is 0 Å². The number of piperidine rings is 1. The molecule has 0 amide bonds. The van der Waals surface area contributed by atoms with Gasteiger partial charge in [0.15, 0.2) is 0 Å². The molecule has 1 aliphatic rings. The van der Waals surface area contributed by atoms with Gasteiger partial charge in [0, 0.05) is 31.1 Å². The number of hydrogen-bond donors (Lipinski definition) is 1. The zero-order valence-corrected chi connectivity index (χ0v) is 14.1. The Balaban J connectivity index is 2.36. The molecule has 1 saturated heterocycles. The molecule has 1 aromatic heterocycles. The van der Waals surface area contributed by atoms with E-state index in [1.165, 1.54) is 31.2 Å². The van der Waals surface area contributed by atoms with Gasteiger partial charge >= 0.3 is 0 Å². The molecule has 1 N–H and O–H groups in total. The number of anilines is 2. The highest BCUT2D eigenvalue weighted by Crippen LogP contribution is 2.30. The number of hydrogen-bond acceptors (Lipinski definition) is 4. The van der Waals surface area contributed by atoms with Crippen LogP contribution in [0, 0.1) is 6.92 Å². The maximum absolute atomic E-state index is 4.86. The van der Waals surface area contributed by atoms with Crippen LogP contribution in [0.15, 0.2) is 0 Å². The molecular weight excluding hydrogens is 260 g/mol. The Labute approximate surface area is 129 Å². The lowest BCUT2D eigenvalue weighted by Crippen LogP contribution is -2.40. The van der Waals surface area contributed by atoms with Crippen LogP contribution in [0.25, 0.3) is 0 Å². The van der Waals surface area contributed by atoms with Gasteiger partial charge in [0.05, 0.1) is 0 Å². The molecule has 1 fully saturated rings. The number of aromatic nitrogens is 2. The van der Waals surface area contributed by atoms with Crippen molar-refractivity contribution in [3.05, 3.63) is 11.4 Å². The van der Waals surface area contributed by atoms with E-state index < -0.39 is 0 Å². The van der Waals surface area contributed by atoms with E-state index >= 15 is 0 Å². The third-order valence-electron chi connectivity index (χ3n) is 4.40. The number of nitrogens with zero attached hydrogens (tertiary/aromatic N) is 3.